The fourth-order valence-corrected chi connectivity index (χ4v) is 6.78. The predicted molar refractivity (Wildman–Crippen MR) is 122 cm³/mol. The maximum Gasteiger partial charge on any atom is 0.317 e. The second-order valence-corrected chi connectivity index (χ2v) is 10.9. The summed E-state index contributed by atoms with van der Waals surface area (Å²) in [6.45, 7) is 14.1. The van der Waals surface area contributed by atoms with Crippen LogP contribution in [0.4, 0.5) is 0 Å². The number of allylic oxidation sites excluding steroid dienone is 2. The van der Waals surface area contributed by atoms with E-state index in [1.165, 1.54) is 20.8 Å². The van der Waals surface area contributed by atoms with Gasteiger partial charge in [0.05, 0.1) is 0 Å². The van der Waals surface area contributed by atoms with Crippen LogP contribution >= 0.6 is 0 Å². The summed E-state index contributed by atoms with van der Waals surface area (Å²) in [4.78, 5) is 36.4. The topological polar surface area (TPSA) is 99.1 Å². The van der Waals surface area contributed by atoms with E-state index >= 15 is 0 Å². The summed E-state index contributed by atoms with van der Waals surface area (Å²) in [7, 11) is 0. The summed E-state index contributed by atoms with van der Waals surface area (Å²) in [6.07, 6.45) is 2.68. The van der Waals surface area contributed by atoms with Gasteiger partial charge in [0.1, 0.15) is 5.76 Å². The van der Waals surface area contributed by atoms with Crippen LogP contribution in [-0.2, 0) is 28.6 Å². The third kappa shape index (κ3) is 4.19. The molecule has 1 fully saturated rings. The highest BCUT2D eigenvalue weighted by atomic mass is 16.8. The van der Waals surface area contributed by atoms with Crippen LogP contribution in [0.3, 0.4) is 0 Å². The molecule has 0 aliphatic heterocycles. The SMILES string of the molecule is CC(=O)OC1C[C@@]2(C)CC[C@H]3[C@H](C)CC/C(=C(\O)C2=C(C)C1(OC(C)=O)OC(C)=O)C3(C)C. The Balaban J connectivity index is 2.35. The molecule has 3 aliphatic rings. The van der Waals surface area contributed by atoms with Gasteiger partial charge in [-0.15, -0.1) is 0 Å². The number of rotatable bonds is 3. The fraction of sp³-hybridized carbons (Fsp3) is 0.731. The van der Waals surface area contributed by atoms with Crippen LogP contribution in [0, 0.1) is 22.7 Å². The summed E-state index contributed by atoms with van der Waals surface area (Å²) in [6, 6.07) is 0. The maximum atomic E-state index is 12.2. The van der Waals surface area contributed by atoms with Gasteiger partial charge in [-0.05, 0) is 55.4 Å². The average molecular weight is 463 g/mol. The zero-order valence-corrected chi connectivity index (χ0v) is 21.2. The molecule has 2 bridgehead atoms. The molecule has 0 aromatic rings. The third-order valence-corrected chi connectivity index (χ3v) is 8.23. The Morgan fingerprint density at radius 2 is 1.55 bits per heavy atom. The summed E-state index contributed by atoms with van der Waals surface area (Å²) in [5.74, 6) is -2.73. The highest BCUT2D eigenvalue weighted by Crippen LogP contribution is 2.60. The number of ether oxygens (including phenoxy) is 3. The highest BCUT2D eigenvalue weighted by molar-refractivity contribution is 5.71. The molecular formula is C26H38O7. The lowest BCUT2D eigenvalue weighted by Gasteiger charge is -2.53. The Labute approximate surface area is 196 Å². The van der Waals surface area contributed by atoms with Crippen molar-refractivity contribution in [2.75, 3.05) is 0 Å². The normalized spacial score (nSPS) is 35.0. The van der Waals surface area contributed by atoms with Gasteiger partial charge in [-0.1, -0.05) is 27.7 Å². The molecule has 0 spiro atoms. The lowest BCUT2D eigenvalue weighted by molar-refractivity contribution is -0.255. The zero-order chi connectivity index (χ0) is 24.9. The molecule has 7 nitrogen and oxygen atoms in total. The smallest absolute Gasteiger partial charge is 0.317 e. The molecule has 0 aromatic carbocycles. The van der Waals surface area contributed by atoms with Gasteiger partial charge in [-0.3, -0.25) is 14.4 Å². The molecule has 0 heterocycles. The van der Waals surface area contributed by atoms with Crippen molar-refractivity contribution in [1.29, 1.82) is 0 Å². The molecule has 0 radical (unpaired) electrons. The quantitative estimate of drug-likeness (QED) is 0.458. The maximum absolute atomic E-state index is 12.2. The van der Waals surface area contributed by atoms with Gasteiger partial charge < -0.3 is 19.3 Å². The average Bonchev–Trinajstić information content (AvgIpc) is 2.63. The summed E-state index contributed by atoms with van der Waals surface area (Å²) in [5.41, 5.74) is 1.25. The van der Waals surface area contributed by atoms with E-state index in [2.05, 4.69) is 20.8 Å². The Kier molecular flexibility index (Phi) is 6.50. The number of fused-ring (bicyclic) bond motifs is 3. The molecular weight excluding hydrogens is 424 g/mol. The van der Waals surface area contributed by atoms with Crippen LogP contribution in [0.2, 0.25) is 0 Å². The van der Waals surface area contributed by atoms with Crippen molar-refractivity contribution in [3.63, 3.8) is 0 Å². The Morgan fingerprint density at radius 3 is 2.06 bits per heavy atom. The van der Waals surface area contributed by atoms with Crippen molar-refractivity contribution in [2.24, 2.45) is 22.7 Å². The van der Waals surface area contributed by atoms with E-state index in [-0.39, 0.29) is 17.6 Å². The first-order valence-corrected chi connectivity index (χ1v) is 11.9. The van der Waals surface area contributed by atoms with Crippen molar-refractivity contribution < 1.29 is 33.7 Å². The van der Waals surface area contributed by atoms with Gasteiger partial charge in [0.15, 0.2) is 6.10 Å². The number of carbonyl (C=O) groups excluding carboxylic acids is 3. The van der Waals surface area contributed by atoms with Crippen molar-refractivity contribution in [2.45, 2.75) is 99.4 Å². The minimum absolute atomic E-state index is 0.196. The molecule has 3 rings (SSSR count). The monoisotopic (exact) mass is 462 g/mol. The van der Waals surface area contributed by atoms with E-state index in [1.54, 1.807) is 6.92 Å². The predicted octanol–water partition coefficient (Wildman–Crippen LogP) is 5.15. The van der Waals surface area contributed by atoms with E-state index in [4.69, 9.17) is 14.2 Å². The van der Waals surface area contributed by atoms with Crippen molar-refractivity contribution in [1.82, 2.24) is 0 Å². The molecule has 7 heteroatoms. The van der Waals surface area contributed by atoms with Gasteiger partial charge in [0.2, 0.25) is 0 Å². The number of esters is 3. The number of hydrogen-bond acceptors (Lipinski definition) is 7. The van der Waals surface area contributed by atoms with Crippen molar-refractivity contribution in [3.05, 3.63) is 22.5 Å². The number of hydrogen-bond donors (Lipinski definition) is 1. The van der Waals surface area contributed by atoms with Gasteiger partial charge in [-0.25, -0.2) is 0 Å². The second kappa shape index (κ2) is 8.48. The first-order chi connectivity index (χ1) is 15.2. The number of carbonyl (C=O) groups is 3. The molecule has 33 heavy (non-hydrogen) atoms. The largest absolute Gasteiger partial charge is 0.508 e. The van der Waals surface area contributed by atoms with E-state index in [0.717, 1.165) is 31.3 Å². The van der Waals surface area contributed by atoms with E-state index < -0.39 is 35.2 Å². The van der Waals surface area contributed by atoms with E-state index in [0.29, 0.717) is 23.0 Å². The summed E-state index contributed by atoms with van der Waals surface area (Å²) in [5, 5.41) is 11.8. The summed E-state index contributed by atoms with van der Waals surface area (Å²) < 4.78 is 16.9. The zero-order valence-electron chi connectivity index (χ0n) is 21.2. The van der Waals surface area contributed by atoms with E-state index in [1.807, 2.05) is 6.92 Å². The van der Waals surface area contributed by atoms with Gasteiger partial charge >= 0.3 is 23.7 Å². The van der Waals surface area contributed by atoms with Crippen LogP contribution in [0.5, 0.6) is 0 Å². The highest BCUT2D eigenvalue weighted by Gasteiger charge is 2.60. The minimum Gasteiger partial charge on any atom is -0.508 e. The Bertz CT molecular complexity index is 909. The lowest BCUT2D eigenvalue weighted by atomic mass is 9.54. The minimum atomic E-state index is -1.93. The van der Waals surface area contributed by atoms with Crippen LogP contribution in [0.15, 0.2) is 22.5 Å². The van der Waals surface area contributed by atoms with Crippen LogP contribution in [0.1, 0.15) is 87.5 Å². The molecule has 4 atom stereocenters. The first-order valence-electron chi connectivity index (χ1n) is 11.9. The number of aliphatic hydroxyl groups excluding tert-OH is 1. The molecule has 0 amide bonds. The van der Waals surface area contributed by atoms with Gasteiger partial charge in [0.25, 0.3) is 0 Å². The second-order valence-electron chi connectivity index (χ2n) is 10.9. The third-order valence-electron chi connectivity index (χ3n) is 8.23. The standard InChI is InChI=1S/C26H38O7/c1-14-9-10-20-23(30)22-15(2)26(32-17(4)28,33-18(5)29)21(31-16(3)27)13-25(22,8)12-11-19(14)24(20,6)7/h14,19,21,30H,9-13H2,1-8H3/b23-20+/t14-,19+,21?,25-/m1/s1. The molecule has 3 aliphatic carbocycles. The fourth-order valence-electron chi connectivity index (χ4n) is 6.78. The van der Waals surface area contributed by atoms with Crippen LogP contribution < -0.4 is 0 Å². The van der Waals surface area contributed by atoms with Gasteiger partial charge in [0, 0.05) is 43.8 Å². The molecule has 1 unspecified atom stereocenters. The molecule has 184 valence electrons. The Morgan fingerprint density at radius 1 is 0.970 bits per heavy atom. The molecule has 1 N–H and O–H groups in total. The van der Waals surface area contributed by atoms with E-state index in [9.17, 15) is 19.5 Å². The summed E-state index contributed by atoms with van der Waals surface area (Å²) >= 11 is 0. The van der Waals surface area contributed by atoms with Gasteiger partial charge in [-0.2, -0.15) is 0 Å². The Hall–Kier alpha value is -2.31. The molecule has 1 saturated carbocycles. The van der Waals surface area contributed by atoms with Crippen molar-refractivity contribution >= 4 is 17.9 Å². The lowest BCUT2D eigenvalue weighted by Crippen LogP contribution is -2.58. The first kappa shape index (κ1) is 25.3. The van der Waals surface area contributed by atoms with Crippen molar-refractivity contribution in [3.8, 4) is 0 Å². The van der Waals surface area contributed by atoms with Crippen LogP contribution in [0.25, 0.3) is 0 Å². The van der Waals surface area contributed by atoms with Crippen LogP contribution in [-0.4, -0.2) is 34.9 Å². The molecule has 0 saturated heterocycles. The molecule has 0 aromatic heterocycles. The number of aliphatic hydroxyl groups is 1.